The Bertz CT molecular complexity index is 435. The highest BCUT2D eigenvalue weighted by Gasteiger charge is 2.44. The first-order chi connectivity index (χ1) is 7.94. The van der Waals surface area contributed by atoms with Crippen LogP contribution >= 0.6 is 11.3 Å². The van der Waals surface area contributed by atoms with E-state index in [0.717, 1.165) is 11.5 Å². The normalized spacial score (nSPS) is 17.1. The summed E-state index contributed by atoms with van der Waals surface area (Å²) in [5.41, 5.74) is 11.9. The predicted molar refractivity (Wildman–Crippen MR) is 72.2 cm³/mol. The molecule has 4 nitrogen and oxygen atoms in total. The number of rotatable bonds is 5. The third kappa shape index (κ3) is 2.39. The van der Waals surface area contributed by atoms with Crippen molar-refractivity contribution in [2.24, 2.45) is 17.1 Å². The summed E-state index contributed by atoms with van der Waals surface area (Å²) in [5, 5.41) is 4.31. The molecule has 0 saturated heterocycles. The van der Waals surface area contributed by atoms with Crippen LogP contribution in [0.5, 0.6) is 0 Å². The maximum Gasteiger partial charge on any atom is 0.260 e. The number of nitrogens with one attached hydrogen (secondary N) is 1. The Hall–Kier alpha value is -1.23. The first kappa shape index (κ1) is 12.2. The molecule has 0 atom stereocenters. The van der Waals surface area contributed by atoms with E-state index < -0.39 is 5.91 Å². The lowest BCUT2D eigenvalue weighted by atomic mass is 9.92. The topological polar surface area (TPSA) is 81.1 Å². The van der Waals surface area contributed by atoms with E-state index in [1.54, 1.807) is 6.07 Å². The predicted octanol–water partition coefficient (Wildman–Crippen LogP) is 2.28. The number of carbonyl (C=O) groups excluding carboxylic acids is 1. The average molecular weight is 253 g/mol. The molecule has 5 heteroatoms. The highest BCUT2D eigenvalue weighted by atomic mass is 32.1. The van der Waals surface area contributed by atoms with Crippen LogP contribution in [0.3, 0.4) is 0 Å². The number of hydrogen-bond acceptors (Lipinski definition) is 4. The van der Waals surface area contributed by atoms with Crippen molar-refractivity contribution in [3.05, 3.63) is 10.9 Å². The van der Waals surface area contributed by atoms with E-state index in [4.69, 9.17) is 11.5 Å². The number of anilines is 2. The van der Waals surface area contributed by atoms with Crippen molar-refractivity contribution in [1.29, 1.82) is 0 Å². The van der Waals surface area contributed by atoms with E-state index >= 15 is 0 Å². The summed E-state index contributed by atoms with van der Waals surface area (Å²) in [7, 11) is 0. The van der Waals surface area contributed by atoms with Gasteiger partial charge in [-0.2, -0.15) is 0 Å². The molecule has 0 unspecified atom stereocenters. The minimum atomic E-state index is -0.453. The molecule has 1 amide bonds. The van der Waals surface area contributed by atoms with E-state index in [0.29, 0.717) is 21.9 Å². The molecule has 2 rings (SSSR count). The van der Waals surface area contributed by atoms with Crippen molar-refractivity contribution in [3.63, 3.8) is 0 Å². The number of nitrogens with two attached hydrogens (primary N) is 2. The molecule has 5 N–H and O–H groups in total. The molecule has 1 aliphatic rings. The van der Waals surface area contributed by atoms with Gasteiger partial charge in [0.15, 0.2) is 0 Å². The van der Waals surface area contributed by atoms with Gasteiger partial charge in [-0.15, -0.1) is 11.3 Å². The number of hydrogen-bond donors (Lipinski definition) is 3. The van der Waals surface area contributed by atoms with Crippen LogP contribution in [0.4, 0.5) is 10.7 Å². The second kappa shape index (κ2) is 4.22. The Morgan fingerprint density at radius 1 is 1.59 bits per heavy atom. The molecule has 1 aromatic rings. The van der Waals surface area contributed by atoms with E-state index in [2.05, 4.69) is 19.2 Å². The number of carbonyl (C=O) groups is 1. The van der Waals surface area contributed by atoms with Crippen LogP contribution in [0.1, 0.15) is 36.4 Å². The Morgan fingerprint density at radius 3 is 2.65 bits per heavy atom. The fourth-order valence-electron chi connectivity index (χ4n) is 2.07. The molecule has 0 spiro atoms. The lowest BCUT2D eigenvalue weighted by molar-refractivity contribution is 0.100. The van der Waals surface area contributed by atoms with Crippen molar-refractivity contribution in [1.82, 2.24) is 0 Å². The van der Waals surface area contributed by atoms with Gasteiger partial charge in [-0.1, -0.05) is 13.8 Å². The van der Waals surface area contributed by atoms with Gasteiger partial charge >= 0.3 is 0 Å². The number of nitrogen functional groups attached to an aromatic ring is 1. The SMILES string of the molecule is CC(C)C1(CNc2cc(N)c(C(N)=O)s2)CC1. The standard InChI is InChI=1S/C12H19N3OS/c1-7(2)12(3-4-12)6-15-9-5-8(13)10(17-9)11(14)16/h5,7,15H,3-4,6,13H2,1-2H3,(H2,14,16). The maximum atomic E-state index is 11.1. The number of primary amides is 1. The van der Waals surface area contributed by atoms with Crippen molar-refractivity contribution in [3.8, 4) is 0 Å². The number of amides is 1. The van der Waals surface area contributed by atoms with Crippen LogP contribution in [-0.4, -0.2) is 12.5 Å². The molecule has 0 aliphatic heterocycles. The molecule has 1 fully saturated rings. The highest BCUT2D eigenvalue weighted by Crippen LogP contribution is 2.51. The Morgan fingerprint density at radius 2 is 2.24 bits per heavy atom. The van der Waals surface area contributed by atoms with Gasteiger partial charge in [0.25, 0.3) is 5.91 Å². The summed E-state index contributed by atoms with van der Waals surface area (Å²) in [6, 6.07) is 1.79. The van der Waals surface area contributed by atoms with Gasteiger partial charge in [0.05, 0.1) is 10.7 Å². The van der Waals surface area contributed by atoms with Gasteiger partial charge in [0, 0.05) is 6.54 Å². The monoisotopic (exact) mass is 253 g/mol. The Kier molecular flexibility index (Phi) is 3.03. The number of thiophene rings is 1. The molecular weight excluding hydrogens is 234 g/mol. The largest absolute Gasteiger partial charge is 0.397 e. The summed E-state index contributed by atoms with van der Waals surface area (Å²) in [6.07, 6.45) is 2.56. The van der Waals surface area contributed by atoms with Crippen LogP contribution in [-0.2, 0) is 0 Å². The summed E-state index contributed by atoms with van der Waals surface area (Å²) in [5.74, 6) is 0.230. The van der Waals surface area contributed by atoms with E-state index in [-0.39, 0.29) is 0 Å². The second-order valence-corrected chi connectivity index (χ2v) is 6.18. The quantitative estimate of drug-likeness (QED) is 0.753. The zero-order chi connectivity index (χ0) is 12.6. The molecule has 17 heavy (non-hydrogen) atoms. The van der Waals surface area contributed by atoms with Gasteiger partial charge in [0.1, 0.15) is 4.88 Å². The van der Waals surface area contributed by atoms with Crippen LogP contribution in [0.25, 0.3) is 0 Å². The molecule has 1 saturated carbocycles. The van der Waals surface area contributed by atoms with Crippen molar-refractivity contribution >= 4 is 27.9 Å². The molecule has 0 aromatic carbocycles. The highest BCUT2D eigenvalue weighted by molar-refractivity contribution is 7.18. The van der Waals surface area contributed by atoms with Crippen molar-refractivity contribution < 1.29 is 4.79 Å². The second-order valence-electron chi connectivity index (χ2n) is 5.13. The molecule has 94 valence electrons. The molecule has 0 bridgehead atoms. The summed E-state index contributed by atoms with van der Waals surface area (Å²) in [4.78, 5) is 11.5. The van der Waals surface area contributed by atoms with Gasteiger partial charge in [-0.05, 0) is 30.2 Å². The van der Waals surface area contributed by atoms with Crippen molar-refractivity contribution in [2.45, 2.75) is 26.7 Å². The average Bonchev–Trinajstić information content (AvgIpc) is 2.94. The van der Waals surface area contributed by atoms with E-state index in [9.17, 15) is 4.79 Å². The maximum absolute atomic E-state index is 11.1. The fraction of sp³-hybridized carbons (Fsp3) is 0.583. The molecule has 0 radical (unpaired) electrons. The lowest BCUT2D eigenvalue weighted by Gasteiger charge is -2.19. The molecule has 1 heterocycles. The zero-order valence-electron chi connectivity index (χ0n) is 10.2. The Balaban J connectivity index is 2.00. The Labute approximate surface area is 105 Å². The molecule has 1 aromatic heterocycles. The smallest absolute Gasteiger partial charge is 0.260 e. The van der Waals surface area contributed by atoms with E-state index in [1.807, 2.05) is 0 Å². The first-order valence-corrected chi connectivity index (χ1v) is 6.69. The van der Waals surface area contributed by atoms with Crippen LogP contribution < -0.4 is 16.8 Å². The lowest BCUT2D eigenvalue weighted by Crippen LogP contribution is -2.20. The zero-order valence-corrected chi connectivity index (χ0v) is 11.1. The van der Waals surface area contributed by atoms with Gasteiger partial charge in [-0.3, -0.25) is 4.79 Å². The molecule has 1 aliphatic carbocycles. The van der Waals surface area contributed by atoms with Crippen LogP contribution in [0.2, 0.25) is 0 Å². The van der Waals surface area contributed by atoms with Gasteiger partial charge in [0.2, 0.25) is 0 Å². The first-order valence-electron chi connectivity index (χ1n) is 5.87. The summed E-state index contributed by atoms with van der Waals surface area (Å²) in [6.45, 7) is 5.46. The minimum Gasteiger partial charge on any atom is -0.397 e. The van der Waals surface area contributed by atoms with Crippen LogP contribution in [0, 0.1) is 11.3 Å². The van der Waals surface area contributed by atoms with Crippen molar-refractivity contribution in [2.75, 3.05) is 17.6 Å². The molecular formula is C12H19N3OS. The fourth-order valence-corrected chi connectivity index (χ4v) is 2.89. The van der Waals surface area contributed by atoms with Crippen LogP contribution in [0.15, 0.2) is 6.07 Å². The summed E-state index contributed by atoms with van der Waals surface area (Å²) < 4.78 is 0. The minimum absolute atomic E-state index is 0.436. The van der Waals surface area contributed by atoms with E-state index in [1.165, 1.54) is 24.2 Å². The van der Waals surface area contributed by atoms with Gasteiger partial charge < -0.3 is 16.8 Å². The summed E-state index contributed by atoms with van der Waals surface area (Å²) >= 11 is 1.34. The third-order valence-electron chi connectivity index (χ3n) is 3.72. The third-order valence-corrected chi connectivity index (χ3v) is 4.84. The van der Waals surface area contributed by atoms with Gasteiger partial charge in [-0.25, -0.2) is 0 Å².